The van der Waals surface area contributed by atoms with Crippen molar-refractivity contribution in [1.29, 1.82) is 0 Å². The van der Waals surface area contributed by atoms with Crippen LogP contribution in [0.3, 0.4) is 0 Å². The molecule has 4 rings (SSSR count). The van der Waals surface area contributed by atoms with E-state index < -0.39 is 0 Å². The van der Waals surface area contributed by atoms with Gasteiger partial charge in [0.1, 0.15) is 5.75 Å². The van der Waals surface area contributed by atoms with Gasteiger partial charge in [-0.05, 0) is 54.8 Å². The van der Waals surface area contributed by atoms with Crippen molar-refractivity contribution < 1.29 is 9.53 Å². The summed E-state index contributed by atoms with van der Waals surface area (Å²) >= 11 is 1.37. The van der Waals surface area contributed by atoms with Gasteiger partial charge in [-0.3, -0.25) is 9.36 Å². The molecule has 4 aromatic rings. The van der Waals surface area contributed by atoms with Gasteiger partial charge in [-0.2, -0.15) is 0 Å². The number of nitrogens with one attached hydrogen (secondary N) is 1. The number of aryl methyl sites for hydroxylation is 2. The van der Waals surface area contributed by atoms with E-state index in [2.05, 4.69) is 47.6 Å². The number of methoxy groups -OCH3 is 1. The van der Waals surface area contributed by atoms with Crippen molar-refractivity contribution in [3.8, 4) is 22.8 Å². The first-order chi connectivity index (χ1) is 16.0. The molecule has 0 spiro atoms. The summed E-state index contributed by atoms with van der Waals surface area (Å²) in [5, 5.41) is 12.5. The van der Waals surface area contributed by atoms with Crippen LogP contribution in [0.15, 0.2) is 78.0 Å². The maximum absolute atomic E-state index is 12.5. The van der Waals surface area contributed by atoms with Crippen molar-refractivity contribution in [3.05, 3.63) is 89.5 Å². The molecule has 0 fully saturated rings. The van der Waals surface area contributed by atoms with Gasteiger partial charge in [-0.15, -0.1) is 10.2 Å². The predicted octanol–water partition coefficient (Wildman–Crippen LogP) is 4.97. The molecule has 1 heterocycles. The molecule has 0 aliphatic heterocycles. The van der Waals surface area contributed by atoms with Crippen LogP contribution in [0.4, 0.5) is 0 Å². The maximum Gasteiger partial charge on any atom is 0.230 e. The van der Waals surface area contributed by atoms with Gasteiger partial charge in [0.2, 0.25) is 5.91 Å². The molecule has 0 atom stereocenters. The number of benzene rings is 3. The summed E-state index contributed by atoms with van der Waals surface area (Å²) < 4.78 is 7.19. The van der Waals surface area contributed by atoms with E-state index in [4.69, 9.17) is 4.74 Å². The van der Waals surface area contributed by atoms with Crippen LogP contribution in [0.5, 0.6) is 5.75 Å². The molecular formula is C26H26N4O2S. The van der Waals surface area contributed by atoms with Crippen LogP contribution in [-0.4, -0.2) is 33.5 Å². The molecule has 0 bridgehead atoms. The summed E-state index contributed by atoms with van der Waals surface area (Å²) in [6.45, 7) is 4.64. The topological polar surface area (TPSA) is 69.0 Å². The van der Waals surface area contributed by atoms with Crippen LogP contribution >= 0.6 is 11.8 Å². The molecule has 1 amide bonds. The van der Waals surface area contributed by atoms with Crippen LogP contribution in [0, 0.1) is 13.8 Å². The van der Waals surface area contributed by atoms with Crippen molar-refractivity contribution in [3.63, 3.8) is 0 Å². The van der Waals surface area contributed by atoms with E-state index in [1.54, 1.807) is 7.11 Å². The smallest absolute Gasteiger partial charge is 0.230 e. The molecule has 3 aromatic carbocycles. The molecular weight excluding hydrogens is 432 g/mol. The summed E-state index contributed by atoms with van der Waals surface area (Å²) in [4.78, 5) is 12.5. The Morgan fingerprint density at radius 3 is 2.42 bits per heavy atom. The Morgan fingerprint density at radius 2 is 1.73 bits per heavy atom. The van der Waals surface area contributed by atoms with Crippen molar-refractivity contribution in [1.82, 2.24) is 20.1 Å². The molecule has 6 nitrogen and oxygen atoms in total. The highest BCUT2D eigenvalue weighted by molar-refractivity contribution is 7.99. The van der Waals surface area contributed by atoms with Gasteiger partial charge in [-0.1, -0.05) is 60.3 Å². The zero-order chi connectivity index (χ0) is 23.2. The standard InChI is InChI=1S/C26H26N4O2S/c1-18-9-12-22(15-19(18)2)30-25(21-7-5-4-6-8-21)28-29-26(30)33-17-24(31)27-16-20-10-13-23(32-3)14-11-20/h4-15H,16-17H2,1-3H3,(H,27,31). The first-order valence-corrected chi connectivity index (χ1v) is 11.6. The second-order valence-electron chi connectivity index (χ2n) is 7.69. The van der Waals surface area contributed by atoms with Gasteiger partial charge in [0.05, 0.1) is 18.6 Å². The van der Waals surface area contributed by atoms with E-state index >= 15 is 0 Å². The van der Waals surface area contributed by atoms with Crippen molar-refractivity contribution in [2.24, 2.45) is 0 Å². The van der Waals surface area contributed by atoms with Crippen molar-refractivity contribution in [2.75, 3.05) is 12.9 Å². The maximum atomic E-state index is 12.5. The lowest BCUT2D eigenvalue weighted by Gasteiger charge is -2.12. The number of aromatic nitrogens is 3. The lowest BCUT2D eigenvalue weighted by Crippen LogP contribution is -2.24. The van der Waals surface area contributed by atoms with Gasteiger partial charge in [0, 0.05) is 12.1 Å². The van der Waals surface area contributed by atoms with Crippen LogP contribution in [-0.2, 0) is 11.3 Å². The fourth-order valence-corrected chi connectivity index (χ4v) is 4.14. The van der Waals surface area contributed by atoms with E-state index in [1.165, 1.54) is 22.9 Å². The highest BCUT2D eigenvalue weighted by Gasteiger charge is 2.17. The molecule has 0 unspecified atom stereocenters. The summed E-state index contributed by atoms with van der Waals surface area (Å²) in [6, 6.07) is 23.9. The minimum absolute atomic E-state index is 0.0632. The second kappa shape index (κ2) is 10.4. The molecule has 0 aliphatic rings. The van der Waals surface area contributed by atoms with Gasteiger partial charge >= 0.3 is 0 Å². The SMILES string of the molecule is COc1ccc(CNC(=O)CSc2nnc(-c3ccccc3)n2-c2ccc(C)c(C)c2)cc1. The van der Waals surface area contributed by atoms with Gasteiger partial charge < -0.3 is 10.1 Å². The molecule has 7 heteroatoms. The van der Waals surface area contributed by atoms with Gasteiger partial charge in [-0.25, -0.2) is 0 Å². The Kier molecular flexibility index (Phi) is 7.10. The zero-order valence-corrected chi connectivity index (χ0v) is 19.7. The highest BCUT2D eigenvalue weighted by atomic mass is 32.2. The van der Waals surface area contributed by atoms with Crippen LogP contribution in [0.1, 0.15) is 16.7 Å². The Hall–Kier alpha value is -3.58. The van der Waals surface area contributed by atoms with Crippen molar-refractivity contribution in [2.45, 2.75) is 25.5 Å². The fraction of sp³-hybridized carbons (Fsp3) is 0.192. The first kappa shape index (κ1) is 22.6. The highest BCUT2D eigenvalue weighted by Crippen LogP contribution is 2.28. The summed E-state index contributed by atoms with van der Waals surface area (Å²) in [7, 11) is 1.63. The third kappa shape index (κ3) is 5.43. The number of hydrogen-bond donors (Lipinski definition) is 1. The number of nitrogens with zero attached hydrogens (tertiary/aromatic N) is 3. The van der Waals surface area contributed by atoms with Gasteiger partial charge in [0.15, 0.2) is 11.0 Å². The number of carbonyl (C=O) groups excluding carboxylic acids is 1. The monoisotopic (exact) mass is 458 g/mol. The fourth-order valence-electron chi connectivity index (χ4n) is 3.36. The number of rotatable bonds is 8. The molecule has 0 saturated heterocycles. The van der Waals surface area contributed by atoms with Crippen molar-refractivity contribution >= 4 is 17.7 Å². The zero-order valence-electron chi connectivity index (χ0n) is 18.9. The lowest BCUT2D eigenvalue weighted by atomic mass is 10.1. The third-order valence-electron chi connectivity index (χ3n) is 5.40. The summed E-state index contributed by atoms with van der Waals surface area (Å²) in [5.74, 6) is 1.72. The minimum Gasteiger partial charge on any atom is -0.497 e. The van der Waals surface area contributed by atoms with E-state index in [0.29, 0.717) is 11.7 Å². The Morgan fingerprint density at radius 1 is 0.970 bits per heavy atom. The van der Waals surface area contributed by atoms with Crippen LogP contribution in [0.25, 0.3) is 17.1 Å². The molecule has 0 aliphatic carbocycles. The first-order valence-electron chi connectivity index (χ1n) is 10.7. The number of carbonyl (C=O) groups is 1. The molecule has 168 valence electrons. The number of amides is 1. The average molecular weight is 459 g/mol. The van der Waals surface area contributed by atoms with E-state index in [1.807, 2.05) is 59.2 Å². The number of ether oxygens (including phenoxy) is 1. The molecule has 0 radical (unpaired) electrons. The largest absolute Gasteiger partial charge is 0.497 e. The number of thioether (sulfide) groups is 1. The van der Waals surface area contributed by atoms with Crippen LogP contribution in [0.2, 0.25) is 0 Å². The van der Waals surface area contributed by atoms with Crippen LogP contribution < -0.4 is 10.1 Å². The summed E-state index contributed by atoms with van der Waals surface area (Å²) in [5.41, 5.74) is 5.37. The molecule has 0 saturated carbocycles. The number of hydrogen-bond acceptors (Lipinski definition) is 5. The third-order valence-corrected chi connectivity index (χ3v) is 6.32. The minimum atomic E-state index is -0.0632. The average Bonchev–Trinajstić information content (AvgIpc) is 3.28. The van der Waals surface area contributed by atoms with Gasteiger partial charge in [0.25, 0.3) is 0 Å². The summed E-state index contributed by atoms with van der Waals surface area (Å²) in [6.07, 6.45) is 0. The quantitative estimate of drug-likeness (QED) is 0.378. The molecule has 1 aromatic heterocycles. The molecule has 1 N–H and O–H groups in total. The van der Waals surface area contributed by atoms with E-state index in [0.717, 1.165) is 28.4 Å². The predicted molar refractivity (Wildman–Crippen MR) is 132 cm³/mol. The second-order valence-corrected chi connectivity index (χ2v) is 8.63. The Bertz CT molecular complexity index is 1240. The normalized spacial score (nSPS) is 10.8. The molecule has 33 heavy (non-hydrogen) atoms. The Balaban J connectivity index is 1.51. The van der Waals surface area contributed by atoms with E-state index in [9.17, 15) is 4.79 Å². The lowest BCUT2D eigenvalue weighted by molar-refractivity contribution is -0.118. The Labute approximate surface area is 198 Å². The van der Waals surface area contributed by atoms with E-state index in [-0.39, 0.29) is 11.7 Å².